The van der Waals surface area contributed by atoms with Gasteiger partial charge in [0, 0.05) is 18.2 Å². The minimum atomic E-state index is -0.286. The summed E-state index contributed by atoms with van der Waals surface area (Å²) in [6.07, 6.45) is 1.00. The summed E-state index contributed by atoms with van der Waals surface area (Å²) in [5, 5.41) is 0. The van der Waals surface area contributed by atoms with Gasteiger partial charge in [0.05, 0.1) is 33.4 Å². The third-order valence-electron chi connectivity index (χ3n) is 4.82. The fraction of sp³-hybridized carbons (Fsp3) is 0.389. The lowest BCUT2D eigenvalue weighted by Gasteiger charge is -2.23. The first-order valence-electron chi connectivity index (χ1n) is 8.39. The van der Waals surface area contributed by atoms with Gasteiger partial charge in [0.15, 0.2) is 0 Å². The van der Waals surface area contributed by atoms with Crippen LogP contribution in [0.5, 0.6) is 11.6 Å². The molecule has 26 heavy (non-hydrogen) atoms. The summed E-state index contributed by atoms with van der Waals surface area (Å²) in [5.41, 5.74) is 0.953. The number of anilines is 1. The van der Waals surface area contributed by atoms with Gasteiger partial charge < -0.3 is 19.1 Å². The Balaban J connectivity index is 1.53. The van der Waals surface area contributed by atoms with Crippen LogP contribution in [-0.2, 0) is 11.3 Å². The van der Waals surface area contributed by atoms with E-state index < -0.39 is 0 Å². The average molecular weight is 356 g/mol. The topological polar surface area (TPSA) is 77.0 Å². The molecule has 0 aliphatic carbocycles. The molecule has 136 valence electrons. The second-order valence-corrected chi connectivity index (χ2v) is 6.25. The molecule has 1 amide bonds. The molecule has 0 spiro atoms. The summed E-state index contributed by atoms with van der Waals surface area (Å²) in [6, 6.07) is 9.45. The molecule has 3 heterocycles. The van der Waals surface area contributed by atoms with Crippen molar-refractivity contribution < 1.29 is 19.0 Å². The van der Waals surface area contributed by atoms with Crippen LogP contribution in [0.1, 0.15) is 5.56 Å². The number of rotatable bonds is 5. The van der Waals surface area contributed by atoms with E-state index in [-0.39, 0.29) is 18.2 Å². The van der Waals surface area contributed by atoms with Gasteiger partial charge in [-0.2, -0.15) is 0 Å². The molecule has 1 aromatic carbocycles. The smallest absolute Gasteiger partial charge is 0.410 e. The van der Waals surface area contributed by atoms with Crippen LogP contribution in [-0.4, -0.2) is 60.4 Å². The van der Waals surface area contributed by atoms with Crippen molar-refractivity contribution in [3.63, 3.8) is 0 Å². The van der Waals surface area contributed by atoms with E-state index in [9.17, 15) is 4.79 Å². The van der Waals surface area contributed by atoms with Crippen molar-refractivity contribution in [1.82, 2.24) is 14.9 Å². The van der Waals surface area contributed by atoms with E-state index in [0.717, 1.165) is 17.1 Å². The van der Waals surface area contributed by atoms with Crippen molar-refractivity contribution in [2.24, 2.45) is 0 Å². The second kappa shape index (κ2) is 6.70. The Morgan fingerprint density at radius 3 is 2.85 bits per heavy atom. The minimum Gasteiger partial charge on any atom is -0.496 e. The van der Waals surface area contributed by atoms with E-state index in [1.165, 1.54) is 6.33 Å². The number of benzene rings is 1. The molecule has 0 radical (unpaired) electrons. The maximum absolute atomic E-state index is 12.3. The van der Waals surface area contributed by atoms with Gasteiger partial charge in [-0.1, -0.05) is 18.2 Å². The highest BCUT2D eigenvalue weighted by molar-refractivity contribution is 5.72. The summed E-state index contributed by atoms with van der Waals surface area (Å²) < 4.78 is 16.1. The number of hydrogen-bond acceptors (Lipinski definition) is 7. The standard InChI is InChI=1S/C18H20N4O4/c1-24-14-6-4-3-5-12(14)8-22-13-9-21(10-15(13)26-18(22)23)16-7-17(25-2)20-11-19-16/h3-7,11,13,15H,8-10H2,1-2H3/t13-,15+/m0/s1. The molecule has 0 bridgehead atoms. The van der Waals surface area contributed by atoms with E-state index >= 15 is 0 Å². The van der Waals surface area contributed by atoms with E-state index in [2.05, 4.69) is 14.9 Å². The van der Waals surface area contributed by atoms with Gasteiger partial charge in [-0.3, -0.25) is 4.90 Å². The Morgan fingerprint density at radius 1 is 1.19 bits per heavy atom. The molecule has 2 atom stereocenters. The molecular weight excluding hydrogens is 336 g/mol. The number of nitrogens with zero attached hydrogens (tertiary/aromatic N) is 4. The SMILES string of the molecule is COc1cc(N2C[C@H]3OC(=O)N(Cc4ccccc4OC)[C@H]3C2)ncn1. The molecule has 0 unspecified atom stereocenters. The summed E-state index contributed by atoms with van der Waals surface area (Å²) >= 11 is 0. The Bertz CT molecular complexity index is 815. The molecule has 2 aliphatic rings. The Hall–Kier alpha value is -3.03. The number of carbonyl (C=O) groups is 1. The van der Waals surface area contributed by atoms with E-state index in [1.807, 2.05) is 24.3 Å². The fourth-order valence-corrected chi connectivity index (χ4v) is 3.50. The molecule has 2 aliphatic heterocycles. The van der Waals surface area contributed by atoms with E-state index in [0.29, 0.717) is 25.5 Å². The van der Waals surface area contributed by atoms with Crippen molar-refractivity contribution in [3.05, 3.63) is 42.2 Å². The fourth-order valence-electron chi connectivity index (χ4n) is 3.50. The zero-order valence-corrected chi connectivity index (χ0v) is 14.7. The van der Waals surface area contributed by atoms with Gasteiger partial charge in [0.1, 0.15) is 24.0 Å². The Kier molecular flexibility index (Phi) is 4.24. The lowest BCUT2D eigenvalue weighted by Crippen LogP contribution is -2.37. The molecular formula is C18H20N4O4. The number of methoxy groups -OCH3 is 2. The average Bonchev–Trinajstić information content (AvgIpc) is 3.21. The summed E-state index contributed by atoms with van der Waals surface area (Å²) in [7, 11) is 3.20. The second-order valence-electron chi connectivity index (χ2n) is 6.25. The van der Waals surface area contributed by atoms with Crippen LogP contribution in [0.3, 0.4) is 0 Å². The van der Waals surface area contributed by atoms with Crippen molar-refractivity contribution in [3.8, 4) is 11.6 Å². The Labute approximate surface area is 151 Å². The maximum atomic E-state index is 12.3. The van der Waals surface area contributed by atoms with Crippen LogP contribution in [0.25, 0.3) is 0 Å². The normalized spacial score (nSPS) is 21.5. The van der Waals surface area contributed by atoms with Crippen LogP contribution >= 0.6 is 0 Å². The van der Waals surface area contributed by atoms with E-state index in [1.54, 1.807) is 25.2 Å². The van der Waals surface area contributed by atoms with Gasteiger partial charge in [0.2, 0.25) is 5.88 Å². The number of para-hydroxylation sites is 1. The van der Waals surface area contributed by atoms with Crippen LogP contribution in [0, 0.1) is 0 Å². The molecule has 0 saturated carbocycles. The third-order valence-corrected chi connectivity index (χ3v) is 4.82. The highest BCUT2D eigenvalue weighted by Crippen LogP contribution is 2.32. The van der Waals surface area contributed by atoms with Crippen LogP contribution in [0.2, 0.25) is 0 Å². The highest BCUT2D eigenvalue weighted by atomic mass is 16.6. The zero-order valence-electron chi connectivity index (χ0n) is 14.7. The molecule has 1 aromatic heterocycles. The van der Waals surface area contributed by atoms with Crippen LogP contribution < -0.4 is 14.4 Å². The zero-order chi connectivity index (χ0) is 18.1. The number of hydrogen-bond donors (Lipinski definition) is 0. The summed E-state index contributed by atoms with van der Waals surface area (Å²) in [4.78, 5) is 24.5. The van der Waals surface area contributed by atoms with Gasteiger partial charge >= 0.3 is 6.09 Å². The number of amides is 1. The molecule has 8 heteroatoms. The van der Waals surface area contributed by atoms with Crippen molar-refractivity contribution in [2.75, 3.05) is 32.2 Å². The first-order valence-corrected chi connectivity index (χ1v) is 8.39. The largest absolute Gasteiger partial charge is 0.496 e. The quantitative estimate of drug-likeness (QED) is 0.807. The maximum Gasteiger partial charge on any atom is 0.410 e. The molecule has 2 aromatic rings. The number of fused-ring (bicyclic) bond motifs is 1. The monoisotopic (exact) mass is 356 g/mol. The lowest BCUT2D eigenvalue weighted by molar-refractivity contribution is 0.135. The van der Waals surface area contributed by atoms with Crippen LogP contribution in [0.15, 0.2) is 36.7 Å². The van der Waals surface area contributed by atoms with Gasteiger partial charge in [0.25, 0.3) is 0 Å². The number of aromatic nitrogens is 2. The van der Waals surface area contributed by atoms with Gasteiger partial charge in [-0.15, -0.1) is 0 Å². The van der Waals surface area contributed by atoms with Crippen molar-refractivity contribution in [1.29, 1.82) is 0 Å². The molecule has 2 fully saturated rings. The molecule has 4 rings (SSSR count). The van der Waals surface area contributed by atoms with Gasteiger partial charge in [-0.05, 0) is 6.07 Å². The van der Waals surface area contributed by atoms with E-state index in [4.69, 9.17) is 14.2 Å². The van der Waals surface area contributed by atoms with Crippen molar-refractivity contribution >= 4 is 11.9 Å². The molecule has 0 N–H and O–H groups in total. The first-order chi connectivity index (χ1) is 12.7. The molecule has 8 nitrogen and oxygen atoms in total. The predicted octanol–water partition coefficient (Wildman–Crippen LogP) is 1.70. The predicted molar refractivity (Wildman–Crippen MR) is 93.4 cm³/mol. The summed E-state index contributed by atoms with van der Waals surface area (Å²) in [6.45, 7) is 1.69. The summed E-state index contributed by atoms with van der Waals surface area (Å²) in [5.74, 6) is 2.04. The van der Waals surface area contributed by atoms with Gasteiger partial charge in [-0.25, -0.2) is 14.8 Å². The Morgan fingerprint density at radius 2 is 2.04 bits per heavy atom. The lowest BCUT2D eigenvalue weighted by atomic mass is 10.1. The highest BCUT2D eigenvalue weighted by Gasteiger charge is 2.48. The molecule has 2 saturated heterocycles. The number of ether oxygens (including phenoxy) is 3. The number of carbonyl (C=O) groups excluding carboxylic acids is 1. The van der Waals surface area contributed by atoms with Crippen LogP contribution in [0.4, 0.5) is 10.6 Å². The first kappa shape index (κ1) is 16.4. The third kappa shape index (κ3) is 2.87. The van der Waals surface area contributed by atoms with Crippen molar-refractivity contribution in [2.45, 2.75) is 18.7 Å². The minimum absolute atomic E-state index is 0.0339.